The predicted molar refractivity (Wildman–Crippen MR) is 103 cm³/mol. The lowest BCUT2D eigenvalue weighted by atomic mass is 10.2. The van der Waals surface area contributed by atoms with Crippen LogP contribution in [0.15, 0.2) is 53.4 Å². The van der Waals surface area contributed by atoms with Crippen LogP contribution >= 0.6 is 35.1 Å². The number of carbonyl (C=O) groups excluding carboxylic acids is 1. The largest absolute Gasteiger partial charge is 0.355 e. The highest BCUT2D eigenvalue weighted by Crippen LogP contribution is 2.20. The molecule has 23 heavy (non-hydrogen) atoms. The van der Waals surface area contributed by atoms with E-state index in [0.717, 1.165) is 16.4 Å². The summed E-state index contributed by atoms with van der Waals surface area (Å²) in [6, 6.07) is 16.1. The summed E-state index contributed by atoms with van der Waals surface area (Å²) in [5, 5.41) is 3.67. The first-order valence-corrected chi connectivity index (χ1v) is 9.93. The van der Waals surface area contributed by atoms with E-state index in [1.54, 1.807) is 0 Å². The van der Waals surface area contributed by atoms with E-state index in [4.69, 9.17) is 11.6 Å². The molecule has 1 amide bonds. The van der Waals surface area contributed by atoms with E-state index >= 15 is 0 Å². The molecule has 0 spiro atoms. The fourth-order valence-electron chi connectivity index (χ4n) is 1.99. The van der Waals surface area contributed by atoms with Gasteiger partial charge in [0.2, 0.25) is 5.91 Å². The molecule has 0 fully saturated rings. The Balaban J connectivity index is 1.57. The highest BCUT2D eigenvalue weighted by atomic mass is 35.5. The van der Waals surface area contributed by atoms with Gasteiger partial charge in [-0.05, 0) is 36.8 Å². The smallest absolute Gasteiger partial charge is 0.230 e. The normalized spacial score (nSPS) is 10.5. The van der Waals surface area contributed by atoms with Crippen molar-refractivity contribution in [2.45, 2.75) is 17.6 Å². The highest BCUT2D eigenvalue weighted by Gasteiger charge is 2.02. The van der Waals surface area contributed by atoms with Gasteiger partial charge in [0.25, 0.3) is 0 Å². The van der Waals surface area contributed by atoms with Crippen molar-refractivity contribution < 1.29 is 4.79 Å². The third-order valence-electron chi connectivity index (χ3n) is 3.10. The summed E-state index contributed by atoms with van der Waals surface area (Å²) in [5.41, 5.74) is 2.62. The number of amides is 1. The summed E-state index contributed by atoms with van der Waals surface area (Å²) in [6.45, 7) is 2.81. The average Bonchev–Trinajstić information content (AvgIpc) is 2.54. The molecule has 2 rings (SSSR count). The second kappa shape index (κ2) is 9.91. The van der Waals surface area contributed by atoms with Gasteiger partial charge >= 0.3 is 0 Å². The Bertz CT molecular complexity index is 631. The lowest BCUT2D eigenvalue weighted by molar-refractivity contribution is -0.118. The molecule has 0 heterocycles. The van der Waals surface area contributed by atoms with Gasteiger partial charge in [-0.1, -0.05) is 41.4 Å². The number of rotatable bonds is 8. The van der Waals surface area contributed by atoms with Gasteiger partial charge in [-0.3, -0.25) is 4.79 Å². The zero-order chi connectivity index (χ0) is 16.5. The minimum Gasteiger partial charge on any atom is -0.355 e. The zero-order valence-corrected chi connectivity index (χ0v) is 15.4. The van der Waals surface area contributed by atoms with Crippen LogP contribution < -0.4 is 5.32 Å². The molecule has 0 unspecified atom stereocenters. The number of hydrogen-bond acceptors (Lipinski definition) is 3. The molecule has 2 aromatic rings. The second-order valence-electron chi connectivity index (χ2n) is 5.13. The second-order valence-corrected chi connectivity index (χ2v) is 7.72. The van der Waals surface area contributed by atoms with Crippen molar-refractivity contribution in [1.82, 2.24) is 5.32 Å². The van der Waals surface area contributed by atoms with Gasteiger partial charge < -0.3 is 5.32 Å². The molecule has 0 aliphatic heterocycles. The first-order valence-electron chi connectivity index (χ1n) is 7.42. The van der Waals surface area contributed by atoms with Gasteiger partial charge in [0.1, 0.15) is 0 Å². The molecule has 2 aromatic carbocycles. The van der Waals surface area contributed by atoms with Crippen molar-refractivity contribution >= 4 is 41.0 Å². The summed E-state index contributed by atoms with van der Waals surface area (Å²) in [6.07, 6.45) is 0. The van der Waals surface area contributed by atoms with E-state index in [0.29, 0.717) is 17.3 Å². The quantitative estimate of drug-likeness (QED) is 0.538. The van der Waals surface area contributed by atoms with E-state index in [1.165, 1.54) is 22.9 Å². The molecule has 2 nitrogen and oxygen atoms in total. The zero-order valence-electron chi connectivity index (χ0n) is 13.0. The summed E-state index contributed by atoms with van der Waals surface area (Å²) < 4.78 is 0. The molecular weight excluding hydrogens is 346 g/mol. The Morgan fingerprint density at radius 1 is 1.17 bits per heavy atom. The Kier molecular flexibility index (Phi) is 7.86. The summed E-state index contributed by atoms with van der Waals surface area (Å²) >= 11 is 9.19. The molecule has 0 saturated carbocycles. The van der Waals surface area contributed by atoms with Crippen LogP contribution in [-0.4, -0.2) is 24.0 Å². The standard InChI is InChI=1S/C18H20ClNOS2/c1-14-3-2-4-15(11-14)12-22-10-9-20-18(21)13-23-17-7-5-16(19)6-8-17/h2-8,11H,9-10,12-13H2,1H3,(H,20,21). The SMILES string of the molecule is Cc1cccc(CSCCNC(=O)CSc2ccc(Cl)cc2)c1. The van der Waals surface area contributed by atoms with Gasteiger partial charge in [-0.15, -0.1) is 11.8 Å². The van der Waals surface area contributed by atoms with Crippen molar-refractivity contribution in [3.05, 3.63) is 64.7 Å². The van der Waals surface area contributed by atoms with Gasteiger partial charge in [-0.25, -0.2) is 0 Å². The summed E-state index contributed by atoms with van der Waals surface area (Å²) in [4.78, 5) is 12.8. The fraction of sp³-hybridized carbons (Fsp3) is 0.278. The Hall–Kier alpha value is -1.10. The van der Waals surface area contributed by atoms with Crippen LogP contribution in [0.1, 0.15) is 11.1 Å². The Morgan fingerprint density at radius 2 is 1.96 bits per heavy atom. The minimum absolute atomic E-state index is 0.0705. The van der Waals surface area contributed by atoms with Crippen LogP contribution in [0.2, 0.25) is 5.02 Å². The van der Waals surface area contributed by atoms with Crippen molar-refractivity contribution in [1.29, 1.82) is 0 Å². The third-order valence-corrected chi connectivity index (χ3v) is 5.40. The molecule has 0 bridgehead atoms. The highest BCUT2D eigenvalue weighted by molar-refractivity contribution is 8.00. The number of benzene rings is 2. The Labute approximate surface area is 151 Å². The number of aryl methyl sites for hydroxylation is 1. The maximum atomic E-state index is 11.8. The van der Waals surface area contributed by atoms with Gasteiger partial charge in [0.15, 0.2) is 0 Å². The Morgan fingerprint density at radius 3 is 2.70 bits per heavy atom. The molecular formula is C18H20ClNOS2. The molecule has 0 atom stereocenters. The van der Waals surface area contributed by atoms with Crippen LogP contribution in [0, 0.1) is 6.92 Å². The minimum atomic E-state index is 0.0705. The van der Waals surface area contributed by atoms with Crippen LogP contribution in [0.3, 0.4) is 0 Å². The molecule has 0 radical (unpaired) electrons. The number of nitrogens with one attached hydrogen (secondary N) is 1. The van der Waals surface area contributed by atoms with Gasteiger partial charge in [0, 0.05) is 28.0 Å². The number of thioether (sulfide) groups is 2. The fourth-order valence-corrected chi connectivity index (χ4v) is 3.65. The monoisotopic (exact) mass is 365 g/mol. The molecule has 122 valence electrons. The first kappa shape index (κ1) is 18.2. The average molecular weight is 366 g/mol. The molecule has 5 heteroatoms. The number of hydrogen-bond donors (Lipinski definition) is 1. The first-order chi connectivity index (χ1) is 11.1. The van der Waals surface area contributed by atoms with E-state index in [-0.39, 0.29) is 5.91 Å². The van der Waals surface area contributed by atoms with Crippen molar-refractivity contribution in [2.24, 2.45) is 0 Å². The molecule has 0 saturated heterocycles. The molecule has 1 N–H and O–H groups in total. The molecule has 0 aliphatic carbocycles. The van der Waals surface area contributed by atoms with Crippen LogP contribution in [0.4, 0.5) is 0 Å². The lowest BCUT2D eigenvalue weighted by Gasteiger charge is -2.06. The van der Waals surface area contributed by atoms with Crippen LogP contribution in [-0.2, 0) is 10.5 Å². The van der Waals surface area contributed by atoms with E-state index in [2.05, 4.69) is 36.5 Å². The van der Waals surface area contributed by atoms with Crippen molar-refractivity contribution in [2.75, 3.05) is 18.1 Å². The molecule has 0 aromatic heterocycles. The predicted octanol–water partition coefficient (Wildman–Crippen LogP) is 4.79. The van der Waals surface area contributed by atoms with E-state index in [9.17, 15) is 4.79 Å². The summed E-state index contributed by atoms with van der Waals surface area (Å²) in [5.74, 6) is 2.41. The third kappa shape index (κ3) is 7.34. The number of carbonyl (C=O) groups is 1. The van der Waals surface area contributed by atoms with Crippen molar-refractivity contribution in [3.63, 3.8) is 0 Å². The summed E-state index contributed by atoms with van der Waals surface area (Å²) in [7, 11) is 0. The van der Waals surface area contributed by atoms with Gasteiger partial charge in [0.05, 0.1) is 5.75 Å². The maximum Gasteiger partial charge on any atom is 0.230 e. The molecule has 0 aliphatic rings. The van der Waals surface area contributed by atoms with E-state index < -0.39 is 0 Å². The lowest BCUT2D eigenvalue weighted by Crippen LogP contribution is -2.27. The van der Waals surface area contributed by atoms with Crippen molar-refractivity contribution in [3.8, 4) is 0 Å². The van der Waals surface area contributed by atoms with Crippen LogP contribution in [0.5, 0.6) is 0 Å². The number of halogens is 1. The topological polar surface area (TPSA) is 29.1 Å². The van der Waals surface area contributed by atoms with Crippen LogP contribution in [0.25, 0.3) is 0 Å². The van der Waals surface area contributed by atoms with E-state index in [1.807, 2.05) is 36.0 Å². The van der Waals surface area contributed by atoms with Gasteiger partial charge in [-0.2, -0.15) is 11.8 Å². The maximum absolute atomic E-state index is 11.8.